The summed E-state index contributed by atoms with van der Waals surface area (Å²) < 4.78 is 38.5. The Hall–Kier alpha value is -2.06. The van der Waals surface area contributed by atoms with Crippen molar-refractivity contribution in [2.24, 2.45) is 0 Å². The molecule has 1 fully saturated rings. The number of pyridine rings is 1. The predicted octanol–water partition coefficient (Wildman–Crippen LogP) is 2.93. The zero-order valence-electron chi connectivity index (χ0n) is 10.6. The molecule has 0 unspecified atom stereocenters. The van der Waals surface area contributed by atoms with E-state index < -0.39 is 16.6 Å². The maximum Gasteiger partial charge on any atom is 0.411 e. The van der Waals surface area contributed by atoms with Gasteiger partial charge < -0.3 is 10.6 Å². The summed E-state index contributed by atoms with van der Waals surface area (Å²) in [4.78, 5) is 14.0. The highest BCUT2D eigenvalue weighted by Gasteiger charge is 2.63. The lowest BCUT2D eigenvalue weighted by Crippen LogP contribution is -2.38. The Morgan fingerprint density at radius 2 is 2.00 bits per heavy atom. The molecule has 6 nitrogen and oxygen atoms in total. The number of anilines is 2. The molecular formula is C11H13F3N4O2. The molecule has 0 aliphatic heterocycles. The predicted molar refractivity (Wildman–Crippen MR) is 66.7 cm³/mol. The van der Waals surface area contributed by atoms with Gasteiger partial charge in [0.15, 0.2) is 0 Å². The summed E-state index contributed by atoms with van der Waals surface area (Å²) in [7, 11) is 0. The van der Waals surface area contributed by atoms with Gasteiger partial charge in [-0.3, -0.25) is 10.1 Å². The van der Waals surface area contributed by atoms with E-state index in [9.17, 15) is 23.3 Å². The number of nitro groups is 1. The molecular weight excluding hydrogens is 277 g/mol. The van der Waals surface area contributed by atoms with E-state index in [1.54, 1.807) is 6.92 Å². The minimum Gasteiger partial charge on any atom is -0.370 e. The summed E-state index contributed by atoms with van der Waals surface area (Å²) in [5.74, 6) is 0.0205. The molecule has 0 saturated heterocycles. The van der Waals surface area contributed by atoms with E-state index in [1.165, 1.54) is 6.07 Å². The number of alkyl halides is 3. The van der Waals surface area contributed by atoms with Gasteiger partial charge in [-0.2, -0.15) is 13.2 Å². The number of hydrogen-bond donors (Lipinski definition) is 2. The van der Waals surface area contributed by atoms with Crippen molar-refractivity contribution in [2.75, 3.05) is 17.2 Å². The summed E-state index contributed by atoms with van der Waals surface area (Å²) in [6.07, 6.45) is -4.52. The topological polar surface area (TPSA) is 80.1 Å². The third-order valence-corrected chi connectivity index (χ3v) is 3.04. The molecule has 1 aromatic heterocycles. The minimum atomic E-state index is -4.41. The van der Waals surface area contributed by atoms with E-state index in [0.717, 1.165) is 6.07 Å². The van der Waals surface area contributed by atoms with Crippen LogP contribution in [0.1, 0.15) is 19.8 Å². The van der Waals surface area contributed by atoms with Crippen molar-refractivity contribution in [1.82, 2.24) is 4.98 Å². The molecule has 1 aromatic rings. The van der Waals surface area contributed by atoms with Gasteiger partial charge in [0.25, 0.3) is 5.69 Å². The fourth-order valence-corrected chi connectivity index (χ4v) is 1.81. The van der Waals surface area contributed by atoms with E-state index >= 15 is 0 Å². The Morgan fingerprint density at radius 3 is 2.45 bits per heavy atom. The van der Waals surface area contributed by atoms with E-state index in [2.05, 4.69) is 15.6 Å². The van der Waals surface area contributed by atoms with Crippen LogP contribution in [0.2, 0.25) is 0 Å². The third-order valence-electron chi connectivity index (χ3n) is 3.04. The summed E-state index contributed by atoms with van der Waals surface area (Å²) in [6.45, 7) is 2.21. The van der Waals surface area contributed by atoms with Gasteiger partial charge in [-0.1, -0.05) is 0 Å². The summed E-state index contributed by atoms with van der Waals surface area (Å²) in [6, 6.07) is 2.19. The van der Waals surface area contributed by atoms with Crippen LogP contribution >= 0.6 is 0 Å². The van der Waals surface area contributed by atoms with Gasteiger partial charge in [-0.25, -0.2) is 4.98 Å². The van der Waals surface area contributed by atoms with Crippen molar-refractivity contribution in [3.05, 3.63) is 22.2 Å². The van der Waals surface area contributed by atoms with Crippen molar-refractivity contribution < 1.29 is 18.1 Å². The first-order valence-corrected chi connectivity index (χ1v) is 6.03. The molecule has 0 atom stereocenters. The molecule has 110 valence electrons. The molecule has 1 heterocycles. The van der Waals surface area contributed by atoms with Gasteiger partial charge in [-0.05, 0) is 19.8 Å². The molecule has 0 bridgehead atoms. The molecule has 0 aromatic carbocycles. The number of aromatic nitrogens is 1. The van der Waals surface area contributed by atoms with Crippen molar-refractivity contribution in [1.29, 1.82) is 0 Å². The van der Waals surface area contributed by atoms with Crippen LogP contribution in [-0.4, -0.2) is 28.2 Å². The van der Waals surface area contributed by atoms with Gasteiger partial charge in [0.2, 0.25) is 0 Å². The largest absolute Gasteiger partial charge is 0.411 e. The fraction of sp³-hybridized carbons (Fsp3) is 0.545. The van der Waals surface area contributed by atoms with Crippen molar-refractivity contribution in [3.63, 3.8) is 0 Å². The SMILES string of the molecule is CCNc1cc([N+](=O)[O-])cc(NC2(C(F)(F)F)CC2)n1. The third kappa shape index (κ3) is 2.75. The molecule has 9 heteroatoms. The van der Waals surface area contributed by atoms with Gasteiger partial charge >= 0.3 is 6.18 Å². The first-order valence-electron chi connectivity index (χ1n) is 6.03. The summed E-state index contributed by atoms with van der Waals surface area (Å²) >= 11 is 0. The standard InChI is InChI=1S/C11H13F3N4O2/c1-2-15-8-5-7(18(19)20)6-9(16-8)17-10(3-4-10)11(12,13)14/h5-6H,2-4H2,1H3,(H2,15,16,17). The van der Waals surface area contributed by atoms with E-state index in [4.69, 9.17) is 0 Å². The van der Waals surface area contributed by atoms with Crippen LogP contribution in [0.25, 0.3) is 0 Å². The Kier molecular flexibility index (Phi) is 3.45. The number of halogens is 3. The minimum absolute atomic E-state index is 0.0581. The second-order valence-corrected chi connectivity index (χ2v) is 4.59. The summed E-state index contributed by atoms with van der Waals surface area (Å²) in [5, 5.41) is 15.8. The number of rotatable bonds is 5. The van der Waals surface area contributed by atoms with E-state index in [0.29, 0.717) is 6.54 Å². The van der Waals surface area contributed by atoms with Crippen molar-refractivity contribution in [3.8, 4) is 0 Å². The molecule has 0 spiro atoms. The van der Waals surface area contributed by atoms with Crippen LogP contribution in [0.3, 0.4) is 0 Å². The molecule has 1 aliphatic carbocycles. The lowest BCUT2D eigenvalue weighted by molar-refractivity contribution is -0.384. The van der Waals surface area contributed by atoms with Crippen LogP contribution in [0.4, 0.5) is 30.5 Å². The first kappa shape index (κ1) is 14.4. The highest BCUT2D eigenvalue weighted by atomic mass is 19.4. The highest BCUT2D eigenvalue weighted by Crippen LogP contribution is 2.51. The normalized spacial score (nSPS) is 16.6. The van der Waals surface area contributed by atoms with Crippen LogP contribution in [0.15, 0.2) is 12.1 Å². The quantitative estimate of drug-likeness (QED) is 0.643. The monoisotopic (exact) mass is 290 g/mol. The Bertz CT molecular complexity index is 529. The van der Waals surface area contributed by atoms with Gasteiger partial charge in [0.05, 0.1) is 17.1 Å². The smallest absolute Gasteiger partial charge is 0.370 e. The van der Waals surface area contributed by atoms with Crippen LogP contribution in [0.5, 0.6) is 0 Å². The average Bonchev–Trinajstić information content (AvgIpc) is 3.09. The first-order chi connectivity index (χ1) is 9.27. The van der Waals surface area contributed by atoms with Crippen molar-refractivity contribution >= 4 is 17.3 Å². The summed E-state index contributed by atoms with van der Waals surface area (Å²) in [5.41, 5.74) is -2.31. The average molecular weight is 290 g/mol. The molecule has 1 saturated carbocycles. The molecule has 0 amide bonds. The van der Waals surface area contributed by atoms with Gasteiger partial charge in [-0.15, -0.1) is 0 Å². The molecule has 2 N–H and O–H groups in total. The van der Waals surface area contributed by atoms with Crippen molar-refractivity contribution in [2.45, 2.75) is 31.5 Å². The van der Waals surface area contributed by atoms with Crippen LogP contribution < -0.4 is 10.6 Å². The molecule has 20 heavy (non-hydrogen) atoms. The lowest BCUT2D eigenvalue weighted by atomic mass is 10.2. The number of hydrogen-bond acceptors (Lipinski definition) is 5. The number of nitrogens with one attached hydrogen (secondary N) is 2. The Balaban J connectivity index is 2.29. The molecule has 0 radical (unpaired) electrons. The van der Waals surface area contributed by atoms with Gasteiger partial charge in [0, 0.05) is 6.54 Å². The zero-order valence-corrected chi connectivity index (χ0v) is 10.6. The second kappa shape index (κ2) is 4.80. The highest BCUT2D eigenvalue weighted by molar-refractivity contribution is 5.56. The zero-order chi connectivity index (χ0) is 15.0. The molecule has 1 aliphatic rings. The molecule has 2 rings (SSSR count). The van der Waals surface area contributed by atoms with Crippen LogP contribution in [-0.2, 0) is 0 Å². The lowest BCUT2D eigenvalue weighted by Gasteiger charge is -2.21. The van der Waals surface area contributed by atoms with Crippen LogP contribution in [0, 0.1) is 10.1 Å². The number of nitrogens with zero attached hydrogens (tertiary/aromatic N) is 2. The van der Waals surface area contributed by atoms with E-state index in [-0.39, 0.29) is 30.2 Å². The second-order valence-electron chi connectivity index (χ2n) is 4.59. The Morgan fingerprint density at radius 1 is 1.40 bits per heavy atom. The van der Waals surface area contributed by atoms with E-state index in [1.807, 2.05) is 0 Å². The maximum atomic E-state index is 12.8. The fourth-order valence-electron chi connectivity index (χ4n) is 1.81. The van der Waals surface area contributed by atoms with Gasteiger partial charge in [0.1, 0.15) is 17.2 Å². The maximum absolute atomic E-state index is 12.8. The Labute approximate surface area is 112 Å².